The highest BCUT2D eigenvalue weighted by Crippen LogP contribution is 2.16. The fourth-order valence-electron chi connectivity index (χ4n) is 3.36. The normalized spacial score (nSPS) is 15.2. The van der Waals surface area contributed by atoms with E-state index in [9.17, 15) is 14.3 Å². The molecule has 0 aliphatic carbocycles. The van der Waals surface area contributed by atoms with Crippen LogP contribution in [0, 0.1) is 5.82 Å². The molecule has 0 aromatic heterocycles. The van der Waals surface area contributed by atoms with Gasteiger partial charge in [0.1, 0.15) is 0 Å². The lowest BCUT2D eigenvalue weighted by Gasteiger charge is -2.29. The Morgan fingerprint density at radius 2 is 1.79 bits per heavy atom. The number of hydrogen-bond acceptors (Lipinski definition) is 4. The number of halogens is 1. The van der Waals surface area contributed by atoms with Gasteiger partial charge < -0.3 is 15.2 Å². The first-order valence-electron chi connectivity index (χ1n) is 10.2. The number of carbonyl (C=O) groups is 1. The zero-order chi connectivity index (χ0) is 20.5. The Labute approximate surface area is 171 Å². The lowest BCUT2D eigenvalue weighted by Crippen LogP contribution is -2.35. The van der Waals surface area contributed by atoms with E-state index in [0.717, 1.165) is 38.0 Å². The standard InChI is InChI=1S/C23H29FN2O3/c24-21-4-1-2-5-22(21)29-15-3-6-23(28)25-16-18-7-9-19(10-8-18)17-26-13-11-20(27)12-14-26/h1-2,4-5,7-10,20,27H,3,6,11-17H2,(H,25,28). The van der Waals surface area contributed by atoms with Gasteiger partial charge in [-0.05, 0) is 42.5 Å². The van der Waals surface area contributed by atoms with E-state index in [1.807, 2.05) is 12.1 Å². The number of carbonyl (C=O) groups excluding carboxylic acids is 1. The number of piperidine rings is 1. The third-order valence-electron chi connectivity index (χ3n) is 5.12. The molecule has 2 N–H and O–H groups in total. The number of aliphatic hydroxyl groups excluding tert-OH is 1. The van der Waals surface area contributed by atoms with Crippen molar-refractivity contribution in [1.82, 2.24) is 10.2 Å². The summed E-state index contributed by atoms with van der Waals surface area (Å²) in [4.78, 5) is 14.3. The van der Waals surface area contributed by atoms with Gasteiger partial charge >= 0.3 is 0 Å². The van der Waals surface area contributed by atoms with Crippen LogP contribution in [0.15, 0.2) is 48.5 Å². The van der Waals surface area contributed by atoms with E-state index in [1.54, 1.807) is 18.2 Å². The largest absolute Gasteiger partial charge is 0.491 e. The van der Waals surface area contributed by atoms with Gasteiger partial charge in [-0.1, -0.05) is 36.4 Å². The minimum absolute atomic E-state index is 0.0434. The van der Waals surface area contributed by atoms with Gasteiger partial charge in [0.05, 0.1) is 12.7 Å². The van der Waals surface area contributed by atoms with Crippen molar-refractivity contribution in [1.29, 1.82) is 0 Å². The van der Waals surface area contributed by atoms with Gasteiger partial charge in [-0.15, -0.1) is 0 Å². The average molecular weight is 400 g/mol. The first-order chi connectivity index (χ1) is 14.1. The van der Waals surface area contributed by atoms with Gasteiger partial charge in [-0.2, -0.15) is 0 Å². The van der Waals surface area contributed by atoms with Crippen molar-refractivity contribution in [3.05, 3.63) is 65.5 Å². The quantitative estimate of drug-likeness (QED) is 0.635. The topological polar surface area (TPSA) is 61.8 Å². The first-order valence-corrected chi connectivity index (χ1v) is 10.2. The predicted octanol–water partition coefficient (Wildman–Crippen LogP) is 3.26. The van der Waals surface area contributed by atoms with Crippen molar-refractivity contribution < 1.29 is 19.0 Å². The van der Waals surface area contributed by atoms with Gasteiger partial charge in [0.2, 0.25) is 5.91 Å². The molecule has 0 saturated carbocycles. The highest BCUT2D eigenvalue weighted by molar-refractivity contribution is 5.75. The van der Waals surface area contributed by atoms with Crippen molar-refractivity contribution in [2.24, 2.45) is 0 Å². The molecule has 1 heterocycles. The van der Waals surface area contributed by atoms with Crippen LogP contribution < -0.4 is 10.1 Å². The molecule has 0 unspecified atom stereocenters. The molecule has 2 aromatic rings. The summed E-state index contributed by atoms with van der Waals surface area (Å²) in [7, 11) is 0. The molecular formula is C23H29FN2O3. The fourth-order valence-corrected chi connectivity index (χ4v) is 3.36. The summed E-state index contributed by atoms with van der Waals surface area (Å²) in [6.45, 7) is 3.54. The summed E-state index contributed by atoms with van der Waals surface area (Å²) in [5.74, 6) is -0.218. The maximum Gasteiger partial charge on any atom is 0.220 e. The summed E-state index contributed by atoms with van der Waals surface area (Å²) < 4.78 is 18.8. The van der Waals surface area contributed by atoms with E-state index >= 15 is 0 Å². The highest BCUT2D eigenvalue weighted by atomic mass is 19.1. The molecule has 5 nitrogen and oxygen atoms in total. The highest BCUT2D eigenvalue weighted by Gasteiger charge is 2.16. The summed E-state index contributed by atoms with van der Waals surface area (Å²) in [5.41, 5.74) is 2.29. The molecule has 0 spiro atoms. The monoisotopic (exact) mass is 400 g/mol. The van der Waals surface area contributed by atoms with Gasteiger partial charge in [0, 0.05) is 32.6 Å². The number of ether oxygens (including phenoxy) is 1. The number of likely N-dealkylation sites (tertiary alicyclic amines) is 1. The fraction of sp³-hybridized carbons (Fsp3) is 0.435. The van der Waals surface area contributed by atoms with Gasteiger partial charge in [-0.3, -0.25) is 9.69 Å². The first kappa shape index (κ1) is 21.3. The number of rotatable bonds is 9. The lowest BCUT2D eigenvalue weighted by molar-refractivity contribution is -0.121. The smallest absolute Gasteiger partial charge is 0.220 e. The number of nitrogens with zero attached hydrogens (tertiary/aromatic N) is 1. The number of para-hydroxylation sites is 1. The SMILES string of the molecule is O=C(CCCOc1ccccc1F)NCc1ccc(CN2CCC(O)CC2)cc1. The van der Waals surface area contributed by atoms with Crippen LogP contribution in [0.2, 0.25) is 0 Å². The molecule has 1 aliphatic heterocycles. The van der Waals surface area contributed by atoms with Crippen molar-refractivity contribution >= 4 is 5.91 Å². The van der Waals surface area contributed by atoms with Crippen LogP contribution in [-0.2, 0) is 17.9 Å². The van der Waals surface area contributed by atoms with Gasteiger partial charge in [-0.25, -0.2) is 4.39 Å². The molecule has 156 valence electrons. The molecule has 2 aromatic carbocycles. The molecule has 0 radical (unpaired) electrons. The van der Waals surface area contributed by atoms with Crippen molar-refractivity contribution in [3.8, 4) is 5.75 Å². The lowest BCUT2D eigenvalue weighted by atomic mass is 10.1. The second-order valence-electron chi connectivity index (χ2n) is 7.48. The summed E-state index contributed by atoms with van der Waals surface area (Å²) in [6, 6.07) is 14.5. The van der Waals surface area contributed by atoms with Crippen LogP contribution in [0.3, 0.4) is 0 Å². The van der Waals surface area contributed by atoms with Crippen LogP contribution in [-0.4, -0.2) is 41.7 Å². The van der Waals surface area contributed by atoms with Crippen LogP contribution in [0.1, 0.15) is 36.8 Å². The van der Waals surface area contributed by atoms with Gasteiger partial charge in [0.15, 0.2) is 11.6 Å². The second-order valence-corrected chi connectivity index (χ2v) is 7.48. The Hall–Kier alpha value is -2.44. The summed E-state index contributed by atoms with van der Waals surface area (Å²) in [5, 5.41) is 12.5. The third kappa shape index (κ3) is 7.15. The summed E-state index contributed by atoms with van der Waals surface area (Å²) in [6.07, 6.45) is 2.41. The third-order valence-corrected chi connectivity index (χ3v) is 5.12. The second kappa shape index (κ2) is 10.9. The van der Waals surface area contributed by atoms with Crippen molar-refractivity contribution in [2.45, 2.75) is 44.9 Å². The molecule has 1 aliphatic rings. The molecule has 3 rings (SSSR count). The van der Waals surface area contributed by atoms with Crippen LogP contribution in [0.4, 0.5) is 4.39 Å². The zero-order valence-corrected chi connectivity index (χ0v) is 16.6. The van der Waals surface area contributed by atoms with E-state index in [4.69, 9.17) is 4.74 Å². The minimum atomic E-state index is -0.390. The maximum absolute atomic E-state index is 13.4. The van der Waals surface area contributed by atoms with Crippen LogP contribution in [0.5, 0.6) is 5.75 Å². The van der Waals surface area contributed by atoms with Crippen LogP contribution >= 0.6 is 0 Å². The number of nitrogens with one attached hydrogen (secondary N) is 1. The Morgan fingerprint density at radius 1 is 1.10 bits per heavy atom. The van der Waals surface area contributed by atoms with Crippen molar-refractivity contribution in [3.63, 3.8) is 0 Å². The van der Waals surface area contributed by atoms with E-state index < -0.39 is 5.82 Å². The Bertz CT molecular complexity index is 774. The van der Waals surface area contributed by atoms with Crippen molar-refractivity contribution in [2.75, 3.05) is 19.7 Å². The number of benzene rings is 2. The van der Waals surface area contributed by atoms with E-state index in [0.29, 0.717) is 26.0 Å². The minimum Gasteiger partial charge on any atom is -0.491 e. The van der Waals surface area contributed by atoms with E-state index in [2.05, 4.69) is 22.3 Å². The summed E-state index contributed by atoms with van der Waals surface area (Å²) >= 11 is 0. The Balaban J connectivity index is 1.32. The maximum atomic E-state index is 13.4. The van der Waals surface area contributed by atoms with Gasteiger partial charge in [0.25, 0.3) is 0 Å². The number of hydrogen-bond donors (Lipinski definition) is 2. The average Bonchev–Trinajstić information content (AvgIpc) is 2.73. The molecule has 29 heavy (non-hydrogen) atoms. The van der Waals surface area contributed by atoms with Crippen LogP contribution in [0.25, 0.3) is 0 Å². The molecule has 0 atom stereocenters. The molecule has 1 fully saturated rings. The molecule has 0 bridgehead atoms. The molecular weight excluding hydrogens is 371 g/mol. The number of aliphatic hydroxyl groups is 1. The Kier molecular flexibility index (Phi) is 8.02. The Morgan fingerprint density at radius 3 is 2.52 bits per heavy atom. The zero-order valence-electron chi connectivity index (χ0n) is 16.6. The van der Waals surface area contributed by atoms with E-state index in [1.165, 1.54) is 11.6 Å². The van der Waals surface area contributed by atoms with E-state index in [-0.39, 0.29) is 17.8 Å². The predicted molar refractivity (Wildman–Crippen MR) is 110 cm³/mol. The molecule has 1 saturated heterocycles. The number of amides is 1. The molecule has 1 amide bonds. The molecule has 6 heteroatoms.